The van der Waals surface area contributed by atoms with Gasteiger partial charge in [-0.2, -0.15) is 5.21 Å². The number of nitrogens with zero attached hydrogens (tertiary/aromatic N) is 5. The molecular formula is C24H26ClN7O2. The third-order valence-corrected chi connectivity index (χ3v) is 8.54. The van der Waals surface area contributed by atoms with Gasteiger partial charge in [-0.3, -0.25) is 9.59 Å². The molecule has 3 aromatic rings. The number of rotatable bonds is 3. The van der Waals surface area contributed by atoms with Crippen LogP contribution in [0, 0.1) is 5.92 Å². The van der Waals surface area contributed by atoms with Crippen LogP contribution in [0.15, 0.2) is 18.2 Å². The fourth-order valence-corrected chi connectivity index (χ4v) is 6.83. The summed E-state index contributed by atoms with van der Waals surface area (Å²) < 4.78 is 0. The highest BCUT2D eigenvalue weighted by molar-refractivity contribution is 6.31. The van der Waals surface area contributed by atoms with Crippen LogP contribution in [0.3, 0.4) is 0 Å². The van der Waals surface area contributed by atoms with E-state index in [-0.39, 0.29) is 29.8 Å². The van der Waals surface area contributed by atoms with E-state index in [9.17, 15) is 9.59 Å². The summed E-state index contributed by atoms with van der Waals surface area (Å²) >= 11 is 6.26. The second-order valence-corrected chi connectivity index (χ2v) is 10.6. The van der Waals surface area contributed by atoms with E-state index in [1.165, 1.54) is 5.56 Å². The predicted molar refractivity (Wildman–Crippen MR) is 124 cm³/mol. The molecule has 1 saturated carbocycles. The lowest BCUT2D eigenvalue weighted by Gasteiger charge is -2.35. The summed E-state index contributed by atoms with van der Waals surface area (Å²) in [5.74, 6) is 0.884. The lowest BCUT2D eigenvalue weighted by Crippen LogP contribution is -2.50. The molecule has 2 saturated heterocycles. The molecule has 1 unspecified atom stereocenters. The predicted octanol–water partition coefficient (Wildman–Crippen LogP) is 3.11. The van der Waals surface area contributed by atoms with Crippen LogP contribution in [-0.4, -0.2) is 65.9 Å². The Balaban J connectivity index is 1.19. The molecule has 0 spiro atoms. The number of halogens is 1. The molecule has 4 heterocycles. The fraction of sp³-hybridized carbons (Fsp3) is 0.542. The van der Waals surface area contributed by atoms with E-state index in [2.05, 4.69) is 25.6 Å². The first-order valence-corrected chi connectivity index (χ1v) is 12.6. The SMILES string of the molecule is O=C([C@@H]1C[C@@H]2C[C@H]2N1C(=O)C1CCCc2c1[nH]c1ccc(Cl)cc21)N1CCC[C@H]1c1nn[nH]n1. The molecule has 2 N–H and O–H groups in total. The Labute approximate surface area is 201 Å². The summed E-state index contributed by atoms with van der Waals surface area (Å²) in [6.07, 6.45) is 6.18. The number of hydrogen-bond donors (Lipinski definition) is 2. The number of tetrazole rings is 1. The Morgan fingerprint density at radius 3 is 2.88 bits per heavy atom. The van der Waals surface area contributed by atoms with Crippen molar-refractivity contribution >= 4 is 34.3 Å². The highest BCUT2D eigenvalue weighted by Crippen LogP contribution is 2.51. The molecule has 2 amide bonds. The van der Waals surface area contributed by atoms with Crippen LogP contribution in [0.1, 0.15) is 67.6 Å². The molecule has 0 radical (unpaired) electrons. The minimum atomic E-state index is -0.395. The zero-order valence-corrected chi connectivity index (χ0v) is 19.5. The average molecular weight is 480 g/mol. The normalized spacial score (nSPS) is 30.0. The second-order valence-electron chi connectivity index (χ2n) is 10.2. The number of aromatic amines is 2. The van der Waals surface area contributed by atoms with Crippen molar-refractivity contribution in [3.8, 4) is 0 Å². The third kappa shape index (κ3) is 3.02. The van der Waals surface area contributed by atoms with Crippen molar-refractivity contribution in [1.29, 1.82) is 0 Å². The number of H-pyrrole nitrogens is 2. The van der Waals surface area contributed by atoms with E-state index in [1.54, 1.807) is 0 Å². The van der Waals surface area contributed by atoms with Gasteiger partial charge in [0.25, 0.3) is 0 Å². The van der Waals surface area contributed by atoms with E-state index < -0.39 is 6.04 Å². The van der Waals surface area contributed by atoms with Gasteiger partial charge < -0.3 is 14.8 Å². The van der Waals surface area contributed by atoms with Crippen molar-refractivity contribution in [2.75, 3.05) is 6.54 Å². The van der Waals surface area contributed by atoms with E-state index in [0.29, 0.717) is 23.3 Å². The molecule has 1 aromatic carbocycles. The van der Waals surface area contributed by atoms with Crippen molar-refractivity contribution in [3.63, 3.8) is 0 Å². The Hall–Kier alpha value is -2.94. The van der Waals surface area contributed by atoms with Crippen molar-refractivity contribution in [2.24, 2.45) is 5.92 Å². The number of piperidine rings is 1. The number of likely N-dealkylation sites (tertiary alicyclic amines) is 2. The maximum Gasteiger partial charge on any atom is 0.246 e. The topological polar surface area (TPSA) is 111 Å². The molecule has 3 fully saturated rings. The molecule has 9 nitrogen and oxygen atoms in total. The molecule has 176 valence electrons. The maximum absolute atomic E-state index is 14.1. The van der Waals surface area contributed by atoms with Crippen molar-refractivity contribution < 1.29 is 9.59 Å². The van der Waals surface area contributed by atoms with Gasteiger partial charge in [0.05, 0.1) is 12.0 Å². The summed E-state index contributed by atoms with van der Waals surface area (Å²) in [5.41, 5.74) is 3.23. The van der Waals surface area contributed by atoms with Gasteiger partial charge in [0.2, 0.25) is 11.8 Å². The van der Waals surface area contributed by atoms with E-state index >= 15 is 0 Å². The molecular weight excluding hydrogens is 454 g/mol. The average Bonchev–Trinajstić information content (AvgIpc) is 3.36. The monoisotopic (exact) mass is 479 g/mol. The number of carbonyl (C=O) groups is 2. The number of hydrogen-bond acceptors (Lipinski definition) is 5. The van der Waals surface area contributed by atoms with Crippen molar-refractivity contribution in [3.05, 3.63) is 40.3 Å². The highest BCUT2D eigenvalue weighted by Gasteiger charge is 2.58. The van der Waals surface area contributed by atoms with Crippen LogP contribution in [0.2, 0.25) is 5.02 Å². The minimum Gasteiger partial charge on any atom is -0.357 e. The Morgan fingerprint density at radius 2 is 2.03 bits per heavy atom. The van der Waals surface area contributed by atoms with E-state index in [0.717, 1.165) is 61.5 Å². The Kier molecular flexibility index (Phi) is 4.53. The van der Waals surface area contributed by atoms with Crippen molar-refractivity contribution in [1.82, 2.24) is 35.4 Å². The number of fused-ring (bicyclic) bond motifs is 4. The summed E-state index contributed by atoms with van der Waals surface area (Å²) in [6, 6.07) is 5.49. The first-order chi connectivity index (χ1) is 16.6. The lowest BCUT2D eigenvalue weighted by molar-refractivity contribution is -0.146. The molecule has 7 rings (SSSR count). The van der Waals surface area contributed by atoms with Gasteiger partial charge in [-0.05, 0) is 74.6 Å². The van der Waals surface area contributed by atoms with Crippen molar-refractivity contribution in [2.45, 2.75) is 69.0 Å². The Morgan fingerprint density at radius 1 is 1.12 bits per heavy atom. The van der Waals surface area contributed by atoms with Crippen LogP contribution in [0.5, 0.6) is 0 Å². The molecule has 4 aliphatic rings. The standard InChI is InChI=1S/C24H26ClN7O2/c25-13-6-7-17-16(11-13)14-3-1-4-15(21(14)26-17)23(33)32-19-9-12(19)10-20(32)24(34)31-8-2-5-18(31)22-27-29-30-28-22/h6-7,11-12,15,18-20,26H,1-5,8-10H2,(H,27,28,29,30)/t12-,15?,18-,19+,20-/m0/s1. The summed E-state index contributed by atoms with van der Waals surface area (Å²) in [7, 11) is 0. The maximum atomic E-state index is 14.1. The van der Waals surface area contributed by atoms with Crippen LogP contribution >= 0.6 is 11.6 Å². The van der Waals surface area contributed by atoms with Crippen LogP contribution in [0.4, 0.5) is 0 Å². The van der Waals surface area contributed by atoms with Gasteiger partial charge in [-0.15, -0.1) is 10.2 Å². The van der Waals surface area contributed by atoms with E-state index in [1.807, 2.05) is 28.0 Å². The fourth-order valence-electron chi connectivity index (χ4n) is 6.66. The van der Waals surface area contributed by atoms with Gasteiger partial charge in [-0.1, -0.05) is 16.8 Å². The molecule has 10 heteroatoms. The Bertz CT molecular complexity index is 1290. The number of benzene rings is 1. The van der Waals surface area contributed by atoms with Gasteiger partial charge in [-0.25, -0.2) is 0 Å². The molecule has 2 aromatic heterocycles. The van der Waals surface area contributed by atoms with Crippen LogP contribution in [-0.2, 0) is 16.0 Å². The molecule has 34 heavy (non-hydrogen) atoms. The van der Waals surface area contributed by atoms with Gasteiger partial charge in [0.1, 0.15) is 6.04 Å². The number of amides is 2. The minimum absolute atomic E-state index is 0.0345. The molecule has 5 atom stereocenters. The number of aryl methyl sites for hydroxylation is 1. The quantitative estimate of drug-likeness (QED) is 0.599. The van der Waals surface area contributed by atoms with Crippen LogP contribution in [0.25, 0.3) is 10.9 Å². The lowest BCUT2D eigenvalue weighted by atomic mass is 9.85. The molecule has 2 aliphatic carbocycles. The van der Waals surface area contributed by atoms with Gasteiger partial charge in [0.15, 0.2) is 5.82 Å². The zero-order chi connectivity index (χ0) is 23.0. The summed E-state index contributed by atoms with van der Waals surface area (Å²) in [5, 5.41) is 16.2. The van der Waals surface area contributed by atoms with Gasteiger partial charge in [0, 0.05) is 34.2 Å². The summed E-state index contributed by atoms with van der Waals surface area (Å²) in [4.78, 5) is 35.2. The number of aromatic nitrogens is 5. The highest BCUT2D eigenvalue weighted by atomic mass is 35.5. The number of carbonyl (C=O) groups excluding carboxylic acids is 2. The third-order valence-electron chi connectivity index (χ3n) is 8.31. The van der Waals surface area contributed by atoms with E-state index in [4.69, 9.17) is 11.6 Å². The molecule has 0 bridgehead atoms. The smallest absolute Gasteiger partial charge is 0.246 e. The first kappa shape index (κ1) is 20.4. The number of nitrogens with one attached hydrogen (secondary N) is 2. The first-order valence-electron chi connectivity index (χ1n) is 12.3. The largest absolute Gasteiger partial charge is 0.357 e. The van der Waals surface area contributed by atoms with Crippen LogP contribution < -0.4 is 0 Å². The zero-order valence-electron chi connectivity index (χ0n) is 18.7. The second kappa shape index (κ2) is 7.53. The summed E-state index contributed by atoms with van der Waals surface area (Å²) in [6.45, 7) is 0.669. The van der Waals surface area contributed by atoms with Gasteiger partial charge >= 0.3 is 0 Å². The molecule has 2 aliphatic heterocycles.